The number of hydrogen-bond acceptors (Lipinski definition) is 4. The molecule has 1 aromatic heterocycles. The Labute approximate surface area is 119 Å². The lowest BCUT2D eigenvalue weighted by molar-refractivity contribution is -0.121. The molecule has 1 rings (SSSR count). The van der Waals surface area contributed by atoms with Crippen molar-refractivity contribution in [3.8, 4) is 0 Å². The fourth-order valence-electron chi connectivity index (χ4n) is 1.86. The Hall–Kier alpha value is -0.910. The number of nitrogens with one attached hydrogen (secondary N) is 2. The molecule has 0 spiro atoms. The van der Waals surface area contributed by atoms with E-state index >= 15 is 0 Å². The topological polar surface area (TPSA) is 50.4 Å². The second-order valence-electron chi connectivity index (χ2n) is 4.78. The molecule has 0 aromatic carbocycles. The van der Waals surface area contributed by atoms with Gasteiger partial charge in [-0.1, -0.05) is 19.9 Å². The highest BCUT2D eigenvalue weighted by Crippen LogP contribution is 2.25. The average Bonchev–Trinajstić information content (AvgIpc) is 2.88. The maximum absolute atomic E-state index is 11.6. The van der Waals surface area contributed by atoms with E-state index in [1.807, 2.05) is 0 Å². The van der Waals surface area contributed by atoms with E-state index in [0.29, 0.717) is 38.1 Å². The third-order valence-electron chi connectivity index (χ3n) is 2.86. The van der Waals surface area contributed by atoms with Crippen LogP contribution in [0, 0.1) is 5.92 Å². The molecule has 0 fully saturated rings. The molecule has 19 heavy (non-hydrogen) atoms. The van der Waals surface area contributed by atoms with Gasteiger partial charge in [-0.2, -0.15) is 0 Å². The first-order valence-corrected chi connectivity index (χ1v) is 7.55. The van der Waals surface area contributed by atoms with E-state index in [9.17, 15) is 4.79 Å². The zero-order valence-electron chi connectivity index (χ0n) is 11.9. The predicted molar refractivity (Wildman–Crippen MR) is 79.4 cm³/mol. The minimum atomic E-state index is 0.0678. The monoisotopic (exact) mass is 284 g/mol. The molecular formula is C14H24N2O2S. The summed E-state index contributed by atoms with van der Waals surface area (Å²) >= 11 is 1.76. The van der Waals surface area contributed by atoms with Gasteiger partial charge in [-0.3, -0.25) is 4.79 Å². The van der Waals surface area contributed by atoms with Gasteiger partial charge < -0.3 is 15.4 Å². The molecule has 1 atom stereocenters. The molecule has 4 nitrogen and oxygen atoms in total. The van der Waals surface area contributed by atoms with Crippen molar-refractivity contribution in [3.63, 3.8) is 0 Å². The Kier molecular flexibility index (Phi) is 7.70. The van der Waals surface area contributed by atoms with Gasteiger partial charge in [-0.05, 0) is 17.4 Å². The summed E-state index contributed by atoms with van der Waals surface area (Å²) in [6, 6.07) is 4.53. The summed E-state index contributed by atoms with van der Waals surface area (Å²) in [4.78, 5) is 12.9. The number of amides is 1. The van der Waals surface area contributed by atoms with Crippen molar-refractivity contribution in [2.75, 3.05) is 26.8 Å². The molecule has 0 bridgehead atoms. The lowest BCUT2D eigenvalue weighted by Crippen LogP contribution is -2.32. The maximum atomic E-state index is 11.6. The van der Waals surface area contributed by atoms with Crippen LogP contribution >= 0.6 is 11.3 Å². The molecule has 0 aliphatic carbocycles. The third kappa shape index (κ3) is 6.18. The Balaban J connectivity index is 2.28. The minimum Gasteiger partial charge on any atom is -0.383 e. The maximum Gasteiger partial charge on any atom is 0.221 e. The van der Waals surface area contributed by atoms with Gasteiger partial charge in [0.05, 0.1) is 6.61 Å². The number of thiophene rings is 1. The summed E-state index contributed by atoms with van der Waals surface area (Å²) < 4.78 is 4.89. The van der Waals surface area contributed by atoms with E-state index < -0.39 is 0 Å². The van der Waals surface area contributed by atoms with E-state index in [-0.39, 0.29) is 5.91 Å². The first-order chi connectivity index (χ1) is 9.15. The van der Waals surface area contributed by atoms with Crippen LogP contribution in [-0.4, -0.2) is 32.7 Å². The summed E-state index contributed by atoms with van der Waals surface area (Å²) in [5.74, 6) is 0.577. The first-order valence-electron chi connectivity index (χ1n) is 6.67. The highest BCUT2D eigenvalue weighted by molar-refractivity contribution is 7.10. The molecule has 108 valence electrons. The molecule has 1 unspecified atom stereocenters. The van der Waals surface area contributed by atoms with E-state index in [1.54, 1.807) is 18.4 Å². The molecule has 5 heteroatoms. The van der Waals surface area contributed by atoms with Gasteiger partial charge in [0.15, 0.2) is 0 Å². The van der Waals surface area contributed by atoms with Crippen LogP contribution in [0.2, 0.25) is 0 Å². The van der Waals surface area contributed by atoms with Gasteiger partial charge in [0.25, 0.3) is 0 Å². The molecule has 1 aromatic rings. The van der Waals surface area contributed by atoms with Crippen molar-refractivity contribution in [2.24, 2.45) is 5.92 Å². The lowest BCUT2D eigenvalue weighted by atomic mass is 10.0. The first kappa shape index (κ1) is 16.1. The summed E-state index contributed by atoms with van der Waals surface area (Å²) in [5.41, 5.74) is 0. The number of carbonyl (C=O) groups is 1. The van der Waals surface area contributed by atoms with Crippen molar-refractivity contribution >= 4 is 17.2 Å². The zero-order valence-corrected chi connectivity index (χ0v) is 12.8. The summed E-state index contributed by atoms with van der Waals surface area (Å²) in [7, 11) is 1.63. The van der Waals surface area contributed by atoms with Crippen LogP contribution in [0.15, 0.2) is 17.5 Å². The van der Waals surface area contributed by atoms with Crippen LogP contribution in [0.1, 0.15) is 31.2 Å². The Morgan fingerprint density at radius 2 is 2.21 bits per heavy atom. The highest BCUT2D eigenvalue weighted by atomic mass is 32.1. The van der Waals surface area contributed by atoms with E-state index in [2.05, 4.69) is 42.0 Å². The SMILES string of the molecule is COCCNC(=O)CCNC(c1cccs1)C(C)C. The second kappa shape index (κ2) is 9.07. The van der Waals surface area contributed by atoms with Crippen molar-refractivity contribution in [1.29, 1.82) is 0 Å². The van der Waals surface area contributed by atoms with Crippen LogP contribution in [0.3, 0.4) is 0 Å². The highest BCUT2D eigenvalue weighted by Gasteiger charge is 2.16. The molecular weight excluding hydrogens is 260 g/mol. The summed E-state index contributed by atoms with van der Waals surface area (Å²) in [6.07, 6.45) is 0.498. The average molecular weight is 284 g/mol. The summed E-state index contributed by atoms with van der Waals surface area (Å²) in [5, 5.41) is 8.37. The molecule has 0 aliphatic heterocycles. The molecule has 0 radical (unpaired) electrons. The number of carbonyl (C=O) groups excluding carboxylic acids is 1. The lowest BCUT2D eigenvalue weighted by Gasteiger charge is -2.21. The van der Waals surface area contributed by atoms with E-state index in [1.165, 1.54) is 4.88 Å². The van der Waals surface area contributed by atoms with Gasteiger partial charge in [-0.25, -0.2) is 0 Å². The number of ether oxygens (including phenoxy) is 1. The largest absolute Gasteiger partial charge is 0.383 e. The van der Waals surface area contributed by atoms with Crippen LogP contribution in [0.25, 0.3) is 0 Å². The zero-order chi connectivity index (χ0) is 14.1. The Morgan fingerprint density at radius 1 is 1.42 bits per heavy atom. The van der Waals surface area contributed by atoms with E-state index in [4.69, 9.17) is 4.74 Å². The Morgan fingerprint density at radius 3 is 2.79 bits per heavy atom. The quantitative estimate of drug-likeness (QED) is 0.683. The van der Waals surface area contributed by atoms with Gasteiger partial charge in [0.1, 0.15) is 0 Å². The van der Waals surface area contributed by atoms with Crippen LogP contribution < -0.4 is 10.6 Å². The van der Waals surface area contributed by atoms with Gasteiger partial charge >= 0.3 is 0 Å². The van der Waals surface area contributed by atoms with Crippen LogP contribution in [-0.2, 0) is 9.53 Å². The van der Waals surface area contributed by atoms with Crippen molar-refractivity contribution < 1.29 is 9.53 Å². The second-order valence-corrected chi connectivity index (χ2v) is 5.76. The molecule has 0 saturated carbocycles. The van der Waals surface area contributed by atoms with Crippen molar-refractivity contribution in [1.82, 2.24) is 10.6 Å². The molecule has 1 heterocycles. The van der Waals surface area contributed by atoms with Crippen molar-refractivity contribution in [2.45, 2.75) is 26.3 Å². The minimum absolute atomic E-state index is 0.0678. The number of rotatable bonds is 9. The number of hydrogen-bond donors (Lipinski definition) is 2. The van der Waals surface area contributed by atoms with Crippen LogP contribution in [0.5, 0.6) is 0 Å². The normalized spacial score (nSPS) is 12.6. The van der Waals surface area contributed by atoms with E-state index in [0.717, 1.165) is 0 Å². The van der Waals surface area contributed by atoms with Crippen molar-refractivity contribution in [3.05, 3.63) is 22.4 Å². The van der Waals surface area contributed by atoms with Crippen LogP contribution in [0.4, 0.5) is 0 Å². The fourth-order valence-corrected chi connectivity index (χ4v) is 2.83. The number of methoxy groups -OCH3 is 1. The smallest absolute Gasteiger partial charge is 0.221 e. The molecule has 0 aliphatic rings. The van der Waals surface area contributed by atoms with Gasteiger partial charge in [0, 0.05) is 37.5 Å². The molecule has 0 saturated heterocycles. The van der Waals surface area contributed by atoms with Gasteiger partial charge in [0.2, 0.25) is 5.91 Å². The van der Waals surface area contributed by atoms with Gasteiger partial charge in [-0.15, -0.1) is 11.3 Å². The Bertz CT molecular complexity index is 352. The summed E-state index contributed by atoms with van der Waals surface area (Å²) in [6.45, 7) is 6.21. The molecule has 1 amide bonds. The standard InChI is InChI=1S/C14H24N2O2S/c1-11(2)14(12-5-4-10-19-12)16-7-6-13(17)15-8-9-18-3/h4-5,10-11,14,16H,6-9H2,1-3H3,(H,15,17). The fraction of sp³-hybridized carbons (Fsp3) is 0.643. The predicted octanol–water partition coefficient (Wildman–Crippen LogP) is 2.19. The third-order valence-corrected chi connectivity index (χ3v) is 3.82. The molecule has 2 N–H and O–H groups in total.